The zero-order valence-corrected chi connectivity index (χ0v) is 10.9. The second-order valence-electron chi connectivity index (χ2n) is 3.54. The number of phenolic OH excluding ortho intramolecular Hbond substituents is 1. The number of aromatic hydroxyl groups is 1. The van der Waals surface area contributed by atoms with Gasteiger partial charge in [0.2, 0.25) is 5.82 Å². The van der Waals surface area contributed by atoms with Crippen molar-refractivity contribution in [3.63, 3.8) is 0 Å². The van der Waals surface area contributed by atoms with E-state index in [2.05, 4.69) is 20.2 Å². The molecular formula is C12H11ClN4O2. The van der Waals surface area contributed by atoms with Crippen LogP contribution in [0.1, 0.15) is 5.56 Å². The van der Waals surface area contributed by atoms with Crippen molar-refractivity contribution in [1.29, 1.82) is 0 Å². The van der Waals surface area contributed by atoms with Crippen LogP contribution >= 0.6 is 11.6 Å². The number of halogens is 1. The van der Waals surface area contributed by atoms with Crippen LogP contribution < -0.4 is 4.74 Å². The van der Waals surface area contributed by atoms with Crippen molar-refractivity contribution in [2.24, 2.45) is 10.2 Å². The average molecular weight is 279 g/mol. The van der Waals surface area contributed by atoms with E-state index < -0.39 is 0 Å². The summed E-state index contributed by atoms with van der Waals surface area (Å²) in [6, 6.07) is 5.16. The first kappa shape index (κ1) is 13.2. The molecule has 98 valence electrons. The molecule has 0 aliphatic heterocycles. The van der Waals surface area contributed by atoms with Gasteiger partial charge in [-0.15, -0.1) is 5.11 Å². The third-order valence-corrected chi connectivity index (χ3v) is 2.61. The molecule has 0 aliphatic carbocycles. The predicted molar refractivity (Wildman–Crippen MR) is 69.9 cm³/mol. The second kappa shape index (κ2) is 6.10. The highest BCUT2D eigenvalue weighted by atomic mass is 35.5. The molecule has 0 saturated heterocycles. The molecule has 2 rings (SSSR count). The molecule has 19 heavy (non-hydrogen) atoms. The molecule has 0 bridgehead atoms. The second-order valence-corrected chi connectivity index (χ2v) is 3.90. The van der Waals surface area contributed by atoms with Gasteiger partial charge in [0, 0.05) is 18.0 Å². The van der Waals surface area contributed by atoms with Crippen LogP contribution in [0, 0.1) is 0 Å². The quantitative estimate of drug-likeness (QED) is 0.871. The lowest BCUT2D eigenvalue weighted by Gasteiger charge is -2.05. The molecule has 1 heterocycles. The SMILES string of the molecule is COc1cccc(CN=Nc2nccnc2Cl)c1O. The number of ether oxygens (including phenoxy) is 1. The van der Waals surface area contributed by atoms with Gasteiger partial charge < -0.3 is 9.84 Å². The van der Waals surface area contributed by atoms with Gasteiger partial charge in [-0.3, -0.25) is 0 Å². The lowest BCUT2D eigenvalue weighted by Crippen LogP contribution is -1.88. The minimum Gasteiger partial charge on any atom is -0.504 e. The average Bonchev–Trinajstić information content (AvgIpc) is 2.43. The van der Waals surface area contributed by atoms with Gasteiger partial charge in [0.15, 0.2) is 16.7 Å². The number of aromatic nitrogens is 2. The van der Waals surface area contributed by atoms with Crippen LogP contribution in [-0.2, 0) is 6.54 Å². The zero-order valence-electron chi connectivity index (χ0n) is 10.1. The van der Waals surface area contributed by atoms with E-state index in [1.165, 1.54) is 19.5 Å². The fourth-order valence-corrected chi connectivity index (χ4v) is 1.56. The summed E-state index contributed by atoms with van der Waals surface area (Å²) < 4.78 is 5.00. The number of rotatable bonds is 4. The number of phenols is 1. The lowest BCUT2D eigenvalue weighted by atomic mass is 10.2. The molecular weight excluding hydrogens is 268 g/mol. The number of methoxy groups -OCH3 is 1. The molecule has 0 atom stereocenters. The number of azo groups is 1. The molecule has 0 spiro atoms. The third-order valence-electron chi connectivity index (χ3n) is 2.34. The van der Waals surface area contributed by atoms with E-state index in [1.54, 1.807) is 18.2 Å². The number of hydrogen-bond acceptors (Lipinski definition) is 6. The van der Waals surface area contributed by atoms with E-state index in [-0.39, 0.29) is 23.3 Å². The molecule has 0 fully saturated rings. The largest absolute Gasteiger partial charge is 0.504 e. The minimum absolute atomic E-state index is 0.0502. The summed E-state index contributed by atoms with van der Waals surface area (Å²) in [5, 5.41) is 17.8. The molecule has 0 saturated carbocycles. The standard InChI is InChI=1S/C12H11ClN4O2/c1-19-9-4-2-3-8(10(9)18)7-16-17-12-11(13)14-5-6-15-12/h2-6,18H,7H2,1H3. The Morgan fingerprint density at radius 1 is 1.32 bits per heavy atom. The summed E-state index contributed by atoms with van der Waals surface area (Å²) in [5.41, 5.74) is 0.600. The van der Waals surface area contributed by atoms with Gasteiger partial charge >= 0.3 is 0 Å². The Bertz CT molecular complexity index is 604. The van der Waals surface area contributed by atoms with E-state index in [0.29, 0.717) is 11.3 Å². The van der Waals surface area contributed by atoms with Crippen LogP contribution in [0.25, 0.3) is 0 Å². The van der Waals surface area contributed by atoms with Crippen molar-refractivity contribution in [3.8, 4) is 11.5 Å². The smallest absolute Gasteiger partial charge is 0.211 e. The summed E-state index contributed by atoms with van der Waals surface area (Å²) >= 11 is 5.79. The van der Waals surface area contributed by atoms with Gasteiger partial charge in [-0.1, -0.05) is 23.7 Å². The number of nitrogens with zero attached hydrogens (tertiary/aromatic N) is 4. The normalized spacial score (nSPS) is 10.8. The van der Waals surface area contributed by atoms with Gasteiger partial charge in [-0.2, -0.15) is 5.11 Å². The van der Waals surface area contributed by atoms with Crippen LogP contribution in [0.4, 0.5) is 5.82 Å². The van der Waals surface area contributed by atoms with Crippen molar-refractivity contribution >= 4 is 17.4 Å². The van der Waals surface area contributed by atoms with E-state index in [1.807, 2.05) is 0 Å². The first-order chi connectivity index (χ1) is 9.22. The van der Waals surface area contributed by atoms with Crippen molar-refractivity contribution in [2.45, 2.75) is 6.54 Å². The van der Waals surface area contributed by atoms with Crippen LogP contribution in [0.15, 0.2) is 40.8 Å². The Morgan fingerprint density at radius 3 is 2.84 bits per heavy atom. The highest BCUT2D eigenvalue weighted by Gasteiger charge is 2.06. The van der Waals surface area contributed by atoms with Crippen LogP contribution in [0.2, 0.25) is 5.15 Å². The first-order valence-electron chi connectivity index (χ1n) is 5.41. The monoisotopic (exact) mass is 278 g/mol. The van der Waals surface area contributed by atoms with Gasteiger partial charge in [0.25, 0.3) is 0 Å². The summed E-state index contributed by atoms with van der Waals surface area (Å²) in [5.74, 6) is 0.686. The van der Waals surface area contributed by atoms with Crippen molar-refractivity contribution < 1.29 is 9.84 Å². The Hall–Kier alpha value is -2.21. The molecule has 6 nitrogen and oxygen atoms in total. The summed E-state index contributed by atoms with van der Waals surface area (Å²) in [4.78, 5) is 7.75. The van der Waals surface area contributed by atoms with E-state index >= 15 is 0 Å². The first-order valence-corrected chi connectivity index (χ1v) is 5.79. The Morgan fingerprint density at radius 2 is 2.11 bits per heavy atom. The molecule has 2 aromatic rings. The minimum atomic E-state index is 0.0502. The van der Waals surface area contributed by atoms with E-state index in [4.69, 9.17) is 16.3 Å². The summed E-state index contributed by atoms with van der Waals surface area (Å²) in [6.45, 7) is 0.190. The predicted octanol–water partition coefficient (Wildman–Crippen LogP) is 3.13. The molecule has 7 heteroatoms. The Labute approximate surface area is 114 Å². The molecule has 0 aliphatic rings. The van der Waals surface area contributed by atoms with E-state index in [0.717, 1.165) is 0 Å². The molecule has 0 unspecified atom stereocenters. The van der Waals surface area contributed by atoms with Crippen LogP contribution in [0.5, 0.6) is 11.5 Å². The molecule has 0 amide bonds. The molecule has 0 radical (unpaired) electrons. The fraction of sp³-hybridized carbons (Fsp3) is 0.167. The summed E-state index contributed by atoms with van der Waals surface area (Å²) in [7, 11) is 1.49. The number of benzene rings is 1. The summed E-state index contributed by atoms with van der Waals surface area (Å²) in [6.07, 6.45) is 2.94. The van der Waals surface area contributed by atoms with Crippen molar-refractivity contribution in [3.05, 3.63) is 41.3 Å². The molecule has 1 aromatic carbocycles. The highest BCUT2D eigenvalue weighted by molar-refractivity contribution is 6.31. The fourth-order valence-electron chi connectivity index (χ4n) is 1.42. The lowest BCUT2D eigenvalue weighted by molar-refractivity contribution is 0.370. The zero-order chi connectivity index (χ0) is 13.7. The Kier molecular flexibility index (Phi) is 4.25. The topological polar surface area (TPSA) is 80.0 Å². The Balaban J connectivity index is 2.13. The molecule has 1 N–H and O–H groups in total. The van der Waals surface area contributed by atoms with Gasteiger partial charge in [0.1, 0.15) is 0 Å². The van der Waals surface area contributed by atoms with Gasteiger partial charge in [-0.25, -0.2) is 9.97 Å². The van der Waals surface area contributed by atoms with Crippen LogP contribution in [0.3, 0.4) is 0 Å². The number of para-hydroxylation sites is 1. The highest BCUT2D eigenvalue weighted by Crippen LogP contribution is 2.30. The van der Waals surface area contributed by atoms with Gasteiger partial charge in [-0.05, 0) is 6.07 Å². The van der Waals surface area contributed by atoms with Crippen molar-refractivity contribution in [2.75, 3.05) is 7.11 Å². The maximum absolute atomic E-state index is 9.86. The van der Waals surface area contributed by atoms with Crippen molar-refractivity contribution in [1.82, 2.24) is 9.97 Å². The molecule has 1 aromatic heterocycles. The maximum Gasteiger partial charge on any atom is 0.211 e. The number of hydrogen-bond donors (Lipinski definition) is 1. The van der Waals surface area contributed by atoms with Gasteiger partial charge in [0.05, 0.1) is 13.7 Å². The van der Waals surface area contributed by atoms with Crippen LogP contribution in [-0.4, -0.2) is 22.2 Å². The maximum atomic E-state index is 9.86. The third kappa shape index (κ3) is 3.17. The van der Waals surface area contributed by atoms with E-state index in [9.17, 15) is 5.11 Å².